The Bertz CT molecular complexity index is 564. The first-order chi connectivity index (χ1) is 11.2. The van der Waals surface area contributed by atoms with E-state index in [0.717, 1.165) is 41.5 Å². The molecule has 1 heterocycles. The lowest BCUT2D eigenvalue weighted by Gasteiger charge is -2.14. The molecule has 0 spiro atoms. The van der Waals surface area contributed by atoms with Gasteiger partial charge in [-0.3, -0.25) is 4.79 Å². The van der Waals surface area contributed by atoms with Crippen molar-refractivity contribution in [2.24, 2.45) is 5.92 Å². The molecule has 0 radical (unpaired) electrons. The lowest BCUT2D eigenvalue weighted by Crippen LogP contribution is -2.14. The zero-order valence-corrected chi connectivity index (χ0v) is 14.2. The Morgan fingerprint density at radius 2 is 2.13 bits per heavy atom. The molecule has 1 atom stereocenters. The monoisotopic (exact) mass is 317 g/mol. The molecule has 1 N–H and O–H groups in total. The smallest absolute Gasteiger partial charge is 0.224 e. The highest BCUT2D eigenvalue weighted by Crippen LogP contribution is 2.38. The second-order valence-electron chi connectivity index (χ2n) is 6.76. The van der Waals surface area contributed by atoms with Crippen LogP contribution in [0.4, 0.5) is 5.69 Å². The van der Waals surface area contributed by atoms with Gasteiger partial charge in [-0.1, -0.05) is 25.7 Å². The van der Waals surface area contributed by atoms with Crippen LogP contribution in [-0.2, 0) is 11.2 Å². The number of benzene rings is 1. The molecule has 126 valence electrons. The third-order valence-corrected chi connectivity index (χ3v) is 4.83. The minimum atomic E-state index is 0.0730. The van der Waals surface area contributed by atoms with Gasteiger partial charge in [0.2, 0.25) is 5.91 Å². The highest BCUT2D eigenvalue weighted by atomic mass is 16.5. The third-order valence-electron chi connectivity index (χ3n) is 4.83. The van der Waals surface area contributed by atoms with Crippen molar-refractivity contribution in [3.05, 3.63) is 17.7 Å². The highest BCUT2D eigenvalue weighted by molar-refractivity contribution is 5.92. The molecule has 1 unspecified atom stereocenters. The van der Waals surface area contributed by atoms with E-state index in [1.54, 1.807) is 0 Å². The van der Waals surface area contributed by atoms with Crippen LogP contribution in [0, 0.1) is 5.92 Å². The van der Waals surface area contributed by atoms with E-state index >= 15 is 0 Å². The van der Waals surface area contributed by atoms with Crippen LogP contribution in [0.25, 0.3) is 0 Å². The Kier molecular flexibility index (Phi) is 5.09. The van der Waals surface area contributed by atoms with Gasteiger partial charge >= 0.3 is 0 Å². The van der Waals surface area contributed by atoms with Gasteiger partial charge in [0.15, 0.2) is 0 Å². The summed E-state index contributed by atoms with van der Waals surface area (Å²) in [5.74, 6) is 2.42. The minimum absolute atomic E-state index is 0.0730. The summed E-state index contributed by atoms with van der Waals surface area (Å²) in [5, 5.41) is 3.02. The number of carbonyl (C=O) groups excluding carboxylic acids is 1. The van der Waals surface area contributed by atoms with Crippen molar-refractivity contribution in [3.8, 4) is 11.5 Å². The highest BCUT2D eigenvalue weighted by Gasteiger charge is 2.23. The molecule has 1 aliphatic heterocycles. The maximum atomic E-state index is 12.3. The van der Waals surface area contributed by atoms with E-state index in [0.29, 0.717) is 13.0 Å². The maximum absolute atomic E-state index is 12.3. The summed E-state index contributed by atoms with van der Waals surface area (Å²) < 4.78 is 11.5. The number of amides is 1. The van der Waals surface area contributed by atoms with Crippen molar-refractivity contribution in [2.75, 3.05) is 11.9 Å². The van der Waals surface area contributed by atoms with Crippen LogP contribution in [-0.4, -0.2) is 18.6 Å². The van der Waals surface area contributed by atoms with Crippen molar-refractivity contribution >= 4 is 11.6 Å². The SMILES string of the molecule is CCOc1cc2c(cc1NC(=O)CCC1CCCC1)OC(C)C2. The van der Waals surface area contributed by atoms with Gasteiger partial charge in [-0.25, -0.2) is 0 Å². The number of ether oxygens (including phenoxy) is 2. The van der Waals surface area contributed by atoms with E-state index in [9.17, 15) is 4.79 Å². The molecule has 23 heavy (non-hydrogen) atoms. The zero-order chi connectivity index (χ0) is 16.2. The van der Waals surface area contributed by atoms with Crippen LogP contribution in [0.15, 0.2) is 12.1 Å². The van der Waals surface area contributed by atoms with Crippen molar-refractivity contribution in [3.63, 3.8) is 0 Å². The first kappa shape index (κ1) is 16.2. The molecule has 1 aliphatic carbocycles. The first-order valence-corrected chi connectivity index (χ1v) is 8.92. The number of nitrogens with one attached hydrogen (secondary N) is 1. The molecule has 4 nitrogen and oxygen atoms in total. The van der Waals surface area contributed by atoms with E-state index in [1.807, 2.05) is 19.1 Å². The van der Waals surface area contributed by atoms with Gasteiger partial charge in [-0.2, -0.15) is 0 Å². The van der Waals surface area contributed by atoms with Crippen molar-refractivity contribution in [2.45, 2.75) is 64.9 Å². The molecule has 0 aromatic heterocycles. The fraction of sp³-hybridized carbons (Fsp3) is 0.632. The van der Waals surface area contributed by atoms with Crippen molar-refractivity contribution < 1.29 is 14.3 Å². The Morgan fingerprint density at radius 1 is 1.35 bits per heavy atom. The molecule has 4 heteroatoms. The van der Waals surface area contributed by atoms with Crippen LogP contribution in [0.5, 0.6) is 11.5 Å². The summed E-state index contributed by atoms with van der Waals surface area (Å²) in [7, 11) is 0. The van der Waals surface area contributed by atoms with Crippen LogP contribution in [0.3, 0.4) is 0 Å². The molecule has 1 aromatic rings. The van der Waals surface area contributed by atoms with Crippen LogP contribution < -0.4 is 14.8 Å². The average molecular weight is 317 g/mol. The molecule has 1 saturated carbocycles. The predicted molar refractivity (Wildman–Crippen MR) is 91.2 cm³/mol. The number of carbonyl (C=O) groups is 1. The standard InChI is InChI=1S/C19H27NO3/c1-3-22-18-11-15-10-13(2)23-17(15)12-16(18)20-19(21)9-8-14-6-4-5-7-14/h11-14H,3-10H2,1-2H3,(H,20,21). The Hall–Kier alpha value is -1.71. The minimum Gasteiger partial charge on any atom is -0.492 e. The summed E-state index contributed by atoms with van der Waals surface area (Å²) >= 11 is 0. The van der Waals surface area contributed by atoms with Gasteiger partial charge in [0, 0.05) is 24.5 Å². The molecular weight excluding hydrogens is 290 g/mol. The van der Waals surface area contributed by atoms with Gasteiger partial charge in [0.25, 0.3) is 0 Å². The van der Waals surface area contributed by atoms with E-state index < -0.39 is 0 Å². The normalized spacial score (nSPS) is 20.2. The number of hydrogen-bond acceptors (Lipinski definition) is 3. The number of hydrogen-bond donors (Lipinski definition) is 1. The van der Waals surface area contributed by atoms with Crippen LogP contribution in [0.2, 0.25) is 0 Å². The summed E-state index contributed by atoms with van der Waals surface area (Å²) in [4.78, 5) is 12.3. The van der Waals surface area contributed by atoms with Crippen LogP contribution >= 0.6 is 0 Å². The lowest BCUT2D eigenvalue weighted by atomic mass is 10.0. The van der Waals surface area contributed by atoms with Gasteiger partial charge < -0.3 is 14.8 Å². The summed E-state index contributed by atoms with van der Waals surface area (Å²) in [5.41, 5.74) is 1.89. The fourth-order valence-corrected chi connectivity index (χ4v) is 3.66. The van der Waals surface area contributed by atoms with Gasteiger partial charge in [0.05, 0.1) is 12.3 Å². The average Bonchev–Trinajstić information content (AvgIpc) is 3.14. The summed E-state index contributed by atoms with van der Waals surface area (Å²) in [6.45, 7) is 4.60. The van der Waals surface area contributed by atoms with E-state index in [1.165, 1.54) is 25.7 Å². The van der Waals surface area contributed by atoms with Gasteiger partial charge in [-0.05, 0) is 32.3 Å². The Balaban J connectivity index is 1.65. The molecule has 1 aromatic carbocycles. The molecular formula is C19H27NO3. The quantitative estimate of drug-likeness (QED) is 0.850. The van der Waals surface area contributed by atoms with Gasteiger partial charge in [0.1, 0.15) is 17.6 Å². The first-order valence-electron chi connectivity index (χ1n) is 8.92. The molecule has 1 amide bonds. The van der Waals surface area contributed by atoms with E-state index in [-0.39, 0.29) is 12.0 Å². The zero-order valence-electron chi connectivity index (χ0n) is 14.2. The molecule has 1 fully saturated rings. The van der Waals surface area contributed by atoms with Crippen molar-refractivity contribution in [1.29, 1.82) is 0 Å². The molecule has 0 bridgehead atoms. The second-order valence-corrected chi connectivity index (χ2v) is 6.76. The largest absolute Gasteiger partial charge is 0.492 e. The topological polar surface area (TPSA) is 47.6 Å². The lowest BCUT2D eigenvalue weighted by molar-refractivity contribution is -0.116. The van der Waals surface area contributed by atoms with Crippen molar-refractivity contribution in [1.82, 2.24) is 0 Å². The van der Waals surface area contributed by atoms with E-state index in [4.69, 9.17) is 9.47 Å². The van der Waals surface area contributed by atoms with E-state index in [2.05, 4.69) is 12.2 Å². The Labute approximate surface area is 138 Å². The molecule has 0 saturated heterocycles. The summed E-state index contributed by atoms with van der Waals surface area (Å²) in [6.07, 6.45) is 7.86. The maximum Gasteiger partial charge on any atom is 0.224 e. The van der Waals surface area contributed by atoms with Crippen LogP contribution in [0.1, 0.15) is 57.9 Å². The number of fused-ring (bicyclic) bond motifs is 1. The summed E-state index contributed by atoms with van der Waals surface area (Å²) in [6, 6.07) is 3.92. The number of rotatable bonds is 6. The molecule has 3 rings (SSSR count). The second kappa shape index (κ2) is 7.24. The third kappa shape index (κ3) is 3.98. The molecule has 2 aliphatic rings. The Morgan fingerprint density at radius 3 is 2.87 bits per heavy atom. The van der Waals surface area contributed by atoms with Gasteiger partial charge in [-0.15, -0.1) is 0 Å². The predicted octanol–water partition coefficient (Wildman–Crippen LogP) is 4.32. The number of anilines is 1. The fourth-order valence-electron chi connectivity index (χ4n) is 3.66.